The van der Waals surface area contributed by atoms with Crippen LogP contribution in [0, 0.1) is 5.92 Å². The fourth-order valence-corrected chi connectivity index (χ4v) is 1.98. The molecule has 0 aromatic heterocycles. The Labute approximate surface area is 85.3 Å². The van der Waals surface area contributed by atoms with E-state index in [1.54, 1.807) is 13.2 Å². The van der Waals surface area contributed by atoms with Crippen molar-refractivity contribution >= 4 is 12.2 Å². The van der Waals surface area contributed by atoms with Crippen molar-refractivity contribution in [2.45, 2.75) is 51.5 Å². The minimum atomic E-state index is -0.467. The summed E-state index contributed by atoms with van der Waals surface area (Å²) in [7, 11) is 0. The van der Waals surface area contributed by atoms with Crippen LogP contribution in [-0.4, -0.2) is 18.2 Å². The second kappa shape index (κ2) is 5.78. The van der Waals surface area contributed by atoms with E-state index in [4.69, 9.17) is 0 Å². The van der Waals surface area contributed by atoms with Gasteiger partial charge in [0.15, 0.2) is 0 Å². The van der Waals surface area contributed by atoms with Gasteiger partial charge in [-0.05, 0) is 19.3 Å². The highest BCUT2D eigenvalue weighted by Crippen LogP contribution is 2.28. The zero-order valence-corrected chi connectivity index (χ0v) is 8.71. The molecule has 1 radical (unpaired) electrons. The molecule has 0 spiro atoms. The molecule has 1 rings (SSSR count). The van der Waals surface area contributed by atoms with Crippen molar-refractivity contribution < 1.29 is 9.59 Å². The largest absolute Gasteiger partial charge is 0.346 e. The van der Waals surface area contributed by atoms with Crippen molar-refractivity contribution in [2.24, 2.45) is 5.92 Å². The van der Waals surface area contributed by atoms with E-state index >= 15 is 0 Å². The Bertz CT molecular complexity index is 197. The van der Waals surface area contributed by atoms with Crippen molar-refractivity contribution in [3.05, 3.63) is 0 Å². The number of carbonyl (C=O) groups is 1. The van der Waals surface area contributed by atoms with Gasteiger partial charge in [-0.1, -0.05) is 25.7 Å². The molecule has 1 aliphatic carbocycles. The fraction of sp³-hybridized carbons (Fsp3) is 0.818. The van der Waals surface area contributed by atoms with Gasteiger partial charge in [0.25, 0.3) is 0 Å². The number of amides is 1. The van der Waals surface area contributed by atoms with E-state index < -0.39 is 6.04 Å². The Kier molecular flexibility index (Phi) is 4.63. The van der Waals surface area contributed by atoms with Crippen LogP contribution in [0.15, 0.2) is 0 Å². The number of hydrogen-bond acceptors (Lipinski definition) is 2. The van der Waals surface area contributed by atoms with Crippen LogP contribution in [-0.2, 0) is 9.59 Å². The lowest BCUT2D eigenvalue weighted by Gasteiger charge is -2.09. The van der Waals surface area contributed by atoms with Crippen LogP contribution in [0.25, 0.3) is 0 Å². The third kappa shape index (κ3) is 3.90. The zero-order chi connectivity index (χ0) is 10.4. The van der Waals surface area contributed by atoms with Crippen LogP contribution in [0.1, 0.15) is 45.4 Å². The Morgan fingerprint density at radius 3 is 2.71 bits per heavy atom. The van der Waals surface area contributed by atoms with E-state index in [0.717, 1.165) is 12.3 Å². The topological polar surface area (TPSA) is 46.2 Å². The smallest absolute Gasteiger partial charge is 0.222 e. The molecule has 1 amide bonds. The molecule has 0 aromatic rings. The van der Waals surface area contributed by atoms with Crippen LogP contribution >= 0.6 is 0 Å². The summed E-state index contributed by atoms with van der Waals surface area (Å²) in [4.78, 5) is 21.4. The quantitative estimate of drug-likeness (QED) is 0.725. The van der Waals surface area contributed by atoms with Gasteiger partial charge in [-0.15, -0.1) is 0 Å². The number of hydrogen-bond donors (Lipinski definition) is 1. The van der Waals surface area contributed by atoms with E-state index in [1.807, 2.05) is 0 Å². The van der Waals surface area contributed by atoms with Crippen LogP contribution in [0.4, 0.5) is 0 Å². The summed E-state index contributed by atoms with van der Waals surface area (Å²) in [6.45, 7) is 1.64. The molecule has 1 atom stereocenters. The van der Waals surface area contributed by atoms with Crippen molar-refractivity contribution in [1.82, 2.24) is 5.32 Å². The average Bonchev–Trinajstić information content (AvgIpc) is 2.67. The number of nitrogens with one attached hydrogen (secondary N) is 1. The first-order valence-electron chi connectivity index (χ1n) is 5.39. The van der Waals surface area contributed by atoms with E-state index in [2.05, 4.69) is 5.32 Å². The summed E-state index contributed by atoms with van der Waals surface area (Å²) < 4.78 is 0. The maximum Gasteiger partial charge on any atom is 0.222 e. The molecule has 1 N–H and O–H groups in total. The molecule has 1 saturated carbocycles. The average molecular weight is 196 g/mol. The lowest BCUT2D eigenvalue weighted by Crippen LogP contribution is -2.33. The highest BCUT2D eigenvalue weighted by Gasteiger charge is 2.16. The Balaban J connectivity index is 2.10. The minimum absolute atomic E-state index is 0.0206. The molecular formula is C11H18NO2. The maximum absolute atomic E-state index is 11.3. The monoisotopic (exact) mass is 196 g/mol. The molecular weight excluding hydrogens is 178 g/mol. The van der Waals surface area contributed by atoms with Crippen LogP contribution in [0.5, 0.6) is 0 Å². The Hall–Kier alpha value is -0.860. The highest BCUT2D eigenvalue weighted by molar-refractivity contribution is 5.79. The first kappa shape index (κ1) is 11.2. The van der Waals surface area contributed by atoms with Crippen molar-refractivity contribution in [3.8, 4) is 0 Å². The lowest BCUT2D eigenvalue weighted by molar-refractivity contribution is -0.121. The van der Waals surface area contributed by atoms with Crippen LogP contribution in [0.3, 0.4) is 0 Å². The number of carbonyl (C=O) groups excluding carboxylic acids is 2. The molecule has 79 valence electrons. The molecule has 1 fully saturated rings. The lowest BCUT2D eigenvalue weighted by atomic mass is 10.0. The predicted molar refractivity (Wildman–Crippen MR) is 54.5 cm³/mol. The van der Waals surface area contributed by atoms with Gasteiger partial charge < -0.3 is 5.32 Å². The molecule has 0 saturated heterocycles. The van der Waals surface area contributed by atoms with E-state index in [-0.39, 0.29) is 5.91 Å². The van der Waals surface area contributed by atoms with Crippen molar-refractivity contribution in [2.75, 3.05) is 0 Å². The highest BCUT2D eigenvalue weighted by atomic mass is 16.2. The van der Waals surface area contributed by atoms with Gasteiger partial charge >= 0.3 is 0 Å². The summed E-state index contributed by atoms with van der Waals surface area (Å²) >= 11 is 0. The maximum atomic E-state index is 11.3. The van der Waals surface area contributed by atoms with Crippen LogP contribution in [0.2, 0.25) is 0 Å². The Morgan fingerprint density at radius 2 is 2.14 bits per heavy atom. The van der Waals surface area contributed by atoms with Crippen molar-refractivity contribution in [3.63, 3.8) is 0 Å². The molecule has 0 unspecified atom stereocenters. The molecule has 0 bridgehead atoms. The van der Waals surface area contributed by atoms with Gasteiger partial charge in [0, 0.05) is 6.42 Å². The molecule has 0 aliphatic heterocycles. The van der Waals surface area contributed by atoms with Gasteiger partial charge in [-0.25, -0.2) is 0 Å². The third-order valence-corrected chi connectivity index (χ3v) is 2.81. The summed E-state index contributed by atoms with van der Waals surface area (Å²) in [6.07, 6.45) is 8.42. The molecule has 0 heterocycles. The summed E-state index contributed by atoms with van der Waals surface area (Å²) in [5.74, 6) is 0.712. The molecule has 3 heteroatoms. The first-order chi connectivity index (χ1) is 6.72. The number of rotatable bonds is 5. The predicted octanol–water partition coefficient (Wildman–Crippen LogP) is 1.57. The second-order valence-corrected chi connectivity index (χ2v) is 4.10. The van der Waals surface area contributed by atoms with E-state index in [1.165, 1.54) is 25.7 Å². The zero-order valence-electron chi connectivity index (χ0n) is 8.71. The molecule has 1 aliphatic rings. The first-order valence-corrected chi connectivity index (χ1v) is 5.39. The van der Waals surface area contributed by atoms with Gasteiger partial charge in [0.05, 0.1) is 6.04 Å². The Morgan fingerprint density at radius 1 is 1.50 bits per heavy atom. The standard InChI is InChI=1S/C11H18NO2/c1-9(8-13)12-11(14)7-6-10-4-2-3-5-10/h9-10H,2-7H2,1H3,(H,12,14)/t9-/m0/s1. The normalized spacial score (nSPS) is 19.2. The van der Waals surface area contributed by atoms with Gasteiger partial charge in [-0.3, -0.25) is 9.59 Å². The minimum Gasteiger partial charge on any atom is -0.346 e. The molecule has 14 heavy (non-hydrogen) atoms. The van der Waals surface area contributed by atoms with Gasteiger partial charge in [-0.2, -0.15) is 0 Å². The van der Waals surface area contributed by atoms with Gasteiger partial charge in [0.2, 0.25) is 12.2 Å². The fourth-order valence-electron chi connectivity index (χ4n) is 1.98. The molecule has 3 nitrogen and oxygen atoms in total. The van der Waals surface area contributed by atoms with Gasteiger partial charge in [0.1, 0.15) is 0 Å². The van der Waals surface area contributed by atoms with Crippen molar-refractivity contribution in [1.29, 1.82) is 0 Å². The third-order valence-electron chi connectivity index (χ3n) is 2.81. The second-order valence-electron chi connectivity index (χ2n) is 4.10. The van der Waals surface area contributed by atoms with E-state index in [9.17, 15) is 9.59 Å². The summed E-state index contributed by atoms with van der Waals surface area (Å²) in [6, 6.07) is -0.467. The SMILES string of the molecule is C[C@@H]([C]=O)NC(=O)CCC1CCCC1. The summed E-state index contributed by atoms with van der Waals surface area (Å²) in [5.41, 5.74) is 0. The van der Waals surface area contributed by atoms with E-state index in [0.29, 0.717) is 6.42 Å². The summed E-state index contributed by atoms with van der Waals surface area (Å²) in [5, 5.41) is 2.59. The van der Waals surface area contributed by atoms with Crippen LogP contribution < -0.4 is 5.32 Å². The molecule has 0 aromatic carbocycles.